The summed E-state index contributed by atoms with van der Waals surface area (Å²) in [5, 5.41) is 15.6. The van der Waals surface area contributed by atoms with Crippen LogP contribution in [0.3, 0.4) is 0 Å². The molecule has 0 aliphatic heterocycles. The average molecular weight is 282 g/mol. The fourth-order valence-electron chi connectivity index (χ4n) is 1.84. The molecule has 1 atom stereocenters. The predicted molar refractivity (Wildman–Crippen MR) is 74.3 cm³/mol. The molecule has 1 heterocycles. The maximum Gasteiger partial charge on any atom is 0.317 e. The van der Waals surface area contributed by atoms with Crippen molar-refractivity contribution in [2.24, 2.45) is 0 Å². The molecule has 1 rings (SSSR count). The van der Waals surface area contributed by atoms with Crippen LogP contribution in [0.5, 0.6) is 0 Å². The molecular weight excluding hydrogens is 260 g/mol. The summed E-state index contributed by atoms with van der Waals surface area (Å²) >= 11 is 0. The molecule has 112 valence electrons. The Kier molecular flexibility index (Phi) is 6.02. The zero-order valence-corrected chi connectivity index (χ0v) is 12.1. The lowest BCUT2D eigenvalue weighted by Crippen LogP contribution is -2.48. The van der Waals surface area contributed by atoms with Crippen LogP contribution in [0.15, 0.2) is 18.5 Å². The minimum Gasteiger partial charge on any atom is -0.481 e. The lowest BCUT2D eigenvalue weighted by atomic mass is 10.3. The quantitative estimate of drug-likeness (QED) is 0.785. The van der Waals surface area contributed by atoms with Gasteiger partial charge in [0.2, 0.25) is 0 Å². The molecule has 20 heavy (non-hydrogen) atoms. The molecular formula is C13H22N4O3. The molecule has 0 fully saturated rings. The summed E-state index contributed by atoms with van der Waals surface area (Å²) in [7, 11) is 0. The topological polar surface area (TPSA) is 87.5 Å². The van der Waals surface area contributed by atoms with E-state index in [1.165, 1.54) is 4.90 Å². The van der Waals surface area contributed by atoms with Crippen molar-refractivity contribution in [1.29, 1.82) is 0 Å². The summed E-state index contributed by atoms with van der Waals surface area (Å²) in [4.78, 5) is 24.3. The first-order valence-corrected chi connectivity index (χ1v) is 6.66. The average Bonchev–Trinajstić information content (AvgIpc) is 2.80. The Balaban J connectivity index is 2.50. The minimum atomic E-state index is -0.909. The van der Waals surface area contributed by atoms with Crippen molar-refractivity contribution in [1.82, 2.24) is 20.0 Å². The van der Waals surface area contributed by atoms with E-state index in [0.717, 1.165) is 0 Å². The summed E-state index contributed by atoms with van der Waals surface area (Å²) in [5.41, 5.74) is 0. The molecule has 0 radical (unpaired) electrons. The number of hydrogen-bond acceptors (Lipinski definition) is 3. The summed E-state index contributed by atoms with van der Waals surface area (Å²) < 4.78 is 1.74. The number of rotatable bonds is 7. The van der Waals surface area contributed by atoms with Crippen molar-refractivity contribution >= 4 is 12.0 Å². The highest BCUT2D eigenvalue weighted by Crippen LogP contribution is 2.02. The van der Waals surface area contributed by atoms with Crippen LogP contribution in [0.2, 0.25) is 0 Å². The molecule has 0 saturated heterocycles. The standard InChI is InChI=1S/C13H22N4O3/c1-10(2)17(8-5-12(18)19)13(20)15-11(3)9-16-7-4-6-14-16/h4,6-7,10-11H,5,8-9H2,1-3H3,(H,15,20)(H,18,19). The highest BCUT2D eigenvalue weighted by atomic mass is 16.4. The third kappa shape index (κ3) is 5.29. The lowest BCUT2D eigenvalue weighted by Gasteiger charge is -2.28. The number of carbonyl (C=O) groups excluding carboxylic acids is 1. The van der Waals surface area contributed by atoms with Crippen LogP contribution in [0.25, 0.3) is 0 Å². The summed E-state index contributed by atoms with van der Waals surface area (Å²) in [5.74, 6) is -0.909. The van der Waals surface area contributed by atoms with E-state index in [1.807, 2.05) is 33.0 Å². The number of hydrogen-bond donors (Lipinski definition) is 2. The van der Waals surface area contributed by atoms with E-state index in [4.69, 9.17) is 5.11 Å². The third-order valence-corrected chi connectivity index (χ3v) is 2.84. The van der Waals surface area contributed by atoms with Gasteiger partial charge in [-0.05, 0) is 26.8 Å². The zero-order chi connectivity index (χ0) is 15.1. The van der Waals surface area contributed by atoms with Crippen molar-refractivity contribution in [2.75, 3.05) is 6.54 Å². The van der Waals surface area contributed by atoms with Gasteiger partial charge in [-0.15, -0.1) is 0 Å². The molecule has 0 aliphatic carbocycles. The second kappa shape index (κ2) is 7.52. The maximum absolute atomic E-state index is 12.1. The van der Waals surface area contributed by atoms with E-state index in [9.17, 15) is 9.59 Å². The van der Waals surface area contributed by atoms with Gasteiger partial charge in [0.1, 0.15) is 0 Å². The summed E-state index contributed by atoms with van der Waals surface area (Å²) in [6.45, 7) is 6.38. The number of carboxylic acids is 1. The molecule has 7 heteroatoms. The van der Waals surface area contributed by atoms with E-state index in [1.54, 1.807) is 10.9 Å². The number of carboxylic acid groups (broad SMARTS) is 1. The van der Waals surface area contributed by atoms with E-state index in [0.29, 0.717) is 6.54 Å². The molecule has 1 aromatic rings. The number of nitrogens with zero attached hydrogens (tertiary/aromatic N) is 3. The molecule has 2 N–H and O–H groups in total. The summed E-state index contributed by atoms with van der Waals surface area (Å²) in [6.07, 6.45) is 3.45. The normalized spacial score (nSPS) is 12.2. The molecule has 1 aromatic heterocycles. The Hall–Kier alpha value is -2.05. The Morgan fingerprint density at radius 3 is 2.60 bits per heavy atom. The van der Waals surface area contributed by atoms with Gasteiger partial charge in [0.15, 0.2) is 0 Å². The Morgan fingerprint density at radius 1 is 1.40 bits per heavy atom. The first kappa shape index (κ1) is 16.0. The van der Waals surface area contributed by atoms with Gasteiger partial charge in [-0.1, -0.05) is 0 Å². The molecule has 0 bridgehead atoms. The Bertz CT molecular complexity index is 431. The van der Waals surface area contributed by atoms with Gasteiger partial charge in [-0.3, -0.25) is 9.48 Å². The third-order valence-electron chi connectivity index (χ3n) is 2.84. The molecule has 0 aromatic carbocycles. The molecule has 1 unspecified atom stereocenters. The zero-order valence-electron chi connectivity index (χ0n) is 12.1. The number of nitrogens with one attached hydrogen (secondary N) is 1. The van der Waals surface area contributed by atoms with Crippen LogP contribution in [0.1, 0.15) is 27.2 Å². The van der Waals surface area contributed by atoms with Gasteiger partial charge >= 0.3 is 12.0 Å². The predicted octanol–water partition coefficient (Wildman–Crippen LogP) is 1.17. The number of aromatic nitrogens is 2. The van der Waals surface area contributed by atoms with Gasteiger partial charge in [-0.25, -0.2) is 4.79 Å². The van der Waals surface area contributed by atoms with Gasteiger partial charge < -0.3 is 15.3 Å². The van der Waals surface area contributed by atoms with Crippen LogP contribution in [0, 0.1) is 0 Å². The van der Waals surface area contributed by atoms with Gasteiger partial charge in [-0.2, -0.15) is 5.10 Å². The second-order valence-corrected chi connectivity index (χ2v) is 5.01. The fourth-order valence-corrected chi connectivity index (χ4v) is 1.84. The first-order valence-electron chi connectivity index (χ1n) is 6.66. The molecule has 7 nitrogen and oxygen atoms in total. The maximum atomic E-state index is 12.1. The SMILES string of the molecule is CC(Cn1cccn1)NC(=O)N(CCC(=O)O)C(C)C. The second-order valence-electron chi connectivity index (χ2n) is 5.01. The van der Waals surface area contributed by atoms with Gasteiger partial charge in [0, 0.05) is 31.0 Å². The number of amides is 2. The molecule has 0 saturated carbocycles. The van der Waals surface area contributed by atoms with E-state index in [-0.39, 0.29) is 31.1 Å². The van der Waals surface area contributed by atoms with E-state index >= 15 is 0 Å². The monoisotopic (exact) mass is 282 g/mol. The smallest absolute Gasteiger partial charge is 0.317 e. The van der Waals surface area contributed by atoms with Crippen LogP contribution < -0.4 is 5.32 Å². The van der Waals surface area contributed by atoms with Crippen LogP contribution in [0.4, 0.5) is 4.79 Å². The highest BCUT2D eigenvalue weighted by molar-refractivity contribution is 5.75. The molecule has 0 spiro atoms. The fraction of sp³-hybridized carbons (Fsp3) is 0.615. The van der Waals surface area contributed by atoms with E-state index < -0.39 is 5.97 Å². The van der Waals surface area contributed by atoms with E-state index in [2.05, 4.69) is 10.4 Å². The Labute approximate surface area is 118 Å². The van der Waals surface area contributed by atoms with Crippen molar-refractivity contribution in [3.8, 4) is 0 Å². The van der Waals surface area contributed by atoms with Gasteiger partial charge in [0.05, 0.1) is 13.0 Å². The number of urea groups is 1. The van der Waals surface area contributed by atoms with Crippen molar-refractivity contribution < 1.29 is 14.7 Å². The summed E-state index contributed by atoms with van der Waals surface area (Å²) in [6, 6.07) is 1.43. The Morgan fingerprint density at radius 2 is 2.10 bits per heavy atom. The molecule has 0 aliphatic rings. The largest absolute Gasteiger partial charge is 0.481 e. The number of aliphatic carboxylic acids is 1. The molecule has 2 amide bonds. The lowest BCUT2D eigenvalue weighted by molar-refractivity contribution is -0.137. The van der Waals surface area contributed by atoms with Crippen LogP contribution in [-0.4, -0.2) is 50.4 Å². The first-order chi connectivity index (χ1) is 9.40. The van der Waals surface area contributed by atoms with Crippen LogP contribution in [-0.2, 0) is 11.3 Å². The number of carbonyl (C=O) groups is 2. The van der Waals surface area contributed by atoms with Crippen molar-refractivity contribution in [2.45, 2.75) is 45.8 Å². The van der Waals surface area contributed by atoms with Crippen LogP contribution >= 0.6 is 0 Å². The van der Waals surface area contributed by atoms with Crippen molar-refractivity contribution in [3.63, 3.8) is 0 Å². The van der Waals surface area contributed by atoms with Crippen molar-refractivity contribution in [3.05, 3.63) is 18.5 Å². The van der Waals surface area contributed by atoms with Gasteiger partial charge in [0.25, 0.3) is 0 Å². The highest BCUT2D eigenvalue weighted by Gasteiger charge is 2.19. The minimum absolute atomic E-state index is 0.0498.